The van der Waals surface area contributed by atoms with E-state index in [1.165, 1.54) is 23.4 Å². The number of hydrogen-bond acceptors (Lipinski definition) is 4. The highest BCUT2D eigenvalue weighted by atomic mass is 19.3. The van der Waals surface area contributed by atoms with E-state index in [4.69, 9.17) is 0 Å². The Morgan fingerprint density at radius 1 is 1.19 bits per heavy atom. The molecule has 6 nitrogen and oxygen atoms in total. The third-order valence-electron chi connectivity index (χ3n) is 5.20. The lowest BCUT2D eigenvalue weighted by molar-refractivity contribution is 0.0257. The first-order valence-electron chi connectivity index (χ1n) is 9.97. The van der Waals surface area contributed by atoms with Crippen molar-refractivity contribution in [2.24, 2.45) is 0 Å². The summed E-state index contributed by atoms with van der Waals surface area (Å²) >= 11 is 0. The number of aromatic nitrogens is 3. The fourth-order valence-corrected chi connectivity index (χ4v) is 3.56. The summed E-state index contributed by atoms with van der Waals surface area (Å²) in [4.78, 5) is 18.6. The molecule has 0 saturated carbocycles. The number of rotatable bonds is 5. The number of anilines is 2. The maximum absolute atomic E-state index is 14.6. The molecule has 1 saturated heterocycles. The summed E-state index contributed by atoms with van der Waals surface area (Å²) in [5.74, 6) is -3.64. The number of halogens is 3. The topological polar surface area (TPSA) is 63.1 Å². The smallest absolute Gasteiger partial charge is 0.266 e. The van der Waals surface area contributed by atoms with Gasteiger partial charge in [0.15, 0.2) is 5.82 Å². The highest BCUT2D eigenvalue weighted by Crippen LogP contribution is 2.39. The molecule has 0 bridgehead atoms. The molecule has 4 rings (SSSR count). The highest BCUT2D eigenvalue weighted by Gasteiger charge is 2.40. The number of amides is 1. The zero-order valence-corrected chi connectivity index (χ0v) is 17.1. The third kappa shape index (κ3) is 4.26. The van der Waals surface area contributed by atoms with Crippen LogP contribution in [0.1, 0.15) is 36.7 Å². The second kappa shape index (κ2) is 8.05. The SMILES string of the molecule is CC(C)n1cc(C(=O)Nc2c(-c3ccccc3F)ccnc2N2CCC(F)(F)C2)cn1. The van der Waals surface area contributed by atoms with Crippen molar-refractivity contribution < 1.29 is 18.0 Å². The van der Waals surface area contributed by atoms with E-state index in [0.29, 0.717) is 11.1 Å². The van der Waals surface area contributed by atoms with Gasteiger partial charge in [0.2, 0.25) is 0 Å². The molecule has 9 heteroatoms. The number of nitrogens with zero attached hydrogens (tertiary/aromatic N) is 4. The lowest BCUT2D eigenvalue weighted by Crippen LogP contribution is -2.27. The predicted molar refractivity (Wildman–Crippen MR) is 112 cm³/mol. The Morgan fingerprint density at radius 3 is 2.61 bits per heavy atom. The molecule has 0 radical (unpaired) electrons. The van der Waals surface area contributed by atoms with E-state index in [2.05, 4.69) is 15.4 Å². The number of alkyl halides is 2. The van der Waals surface area contributed by atoms with E-state index in [0.717, 1.165) is 0 Å². The van der Waals surface area contributed by atoms with Crippen LogP contribution in [0.3, 0.4) is 0 Å². The van der Waals surface area contributed by atoms with Gasteiger partial charge in [-0.3, -0.25) is 9.48 Å². The standard InChI is InChI=1S/C22H22F3N5O/c1-14(2)30-12-15(11-27-30)21(31)28-19-17(16-5-3-4-6-18(16)23)7-9-26-20(19)29-10-8-22(24,25)13-29/h3-7,9,11-12,14H,8,10,13H2,1-2H3,(H,28,31). The number of pyridine rings is 1. The van der Waals surface area contributed by atoms with Crippen LogP contribution in [-0.2, 0) is 0 Å². The zero-order valence-electron chi connectivity index (χ0n) is 17.1. The molecule has 0 aliphatic carbocycles. The van der Waals surface area contributed by atoms with E-state index >= 15 is 0 Å². The number of benzene rings is 1. The molecule has 1 aromatic carbocycles. The van der Waals surface area contributed by atoms with Crippen molar-refractivity contribution in [3.05, 3.63) is 60.3 Å². The Balaban J connectivity index is 1.77. The Bertz CT molecular complexity index is 1110. The van der Waals surface area contributed by atoms with Crippen LogP contribution in [0.15, 0.2) is 48.9 Å². The van der Waals surface area contributed by atoms with Crippen molar-refractivity contribution in [1.29, 1.82) is 0 Å². The molecule has 31 heavy (non-hydrogen) atoms. The summed E-state index contributed by atoms with van der Waals surface area (Å²) in [5, 5.41) is 6.93. The first-order chi connectivity index (χ1) is 14.7. The first kappa shape index (κ1) is 20.9. The lowest BCUT2D eigenvalue weighted by atomic mass is 10.0. The second-order valence-corrected chi connectivity index (χ2v) is 7.82. The summed E-state index contributed by atoms with van der Waals surface area (Å²) in [6, 6.07) is 7.72. The van der Waals surface area contributed by atoms with Gasteiger partial charge in [0.1, 0.15) is 5.82 Å². The minimum atomic E-state index is -2.85. The maximum Gasteiger partial charge on any atom is 0.266 e. The molecule has 0 atom stereocenters. The second-order valence-electron chi connectivity index (χ2n) is 7.82. The average molecular weight is 429 g/mol. The van der Waals surface area contributed by atoms with Crippen molar-refractivity contribution >= 4 is 17.4 Å². The van der Waals surface area contributed by atoms with Crippen molar-refractivity contribution in [3.63, 3.8) is 0 Å². The van der Waals surface area contributed by atoms with Gasteiger partial charge in [0.05, 0.1) is 24.0 Å². The number of carbonyl (C=O) groups is 1. The molecule has 1 aliphatic rings. The van der Waals surface area contributed by atoms with Gasteiger partial charge in [0.25, 0.3) is 11.8 Å². The normalized spacial score (nSPS) is 15.5. The van der Waals surface area contributed by atoms with Gasteiger partial charge in [-0.1, -0.05) is 18.2 Å². The van der Waals surface area contributed by atoms with E-state index in [1.807, 2.05) is 13.8 Å². The van der Waals surface area contributed by atoms with Crippen LogP contribution in [0, 0.1) is 5.82 Å². The monoisotopic (exact) mass is 429 g/mol. The van der Waals surface area contributed by atoms with Crippen molar-refractivity contribution in [2.45, 2.75) is 32.2 Å². The number of hydrogen-bond donors (Lipinski definition) is 1. The van der Waals surface area contributed by atoms with Crippen LogP contribution in [-0.4, -0.2) is 39.7 Å². The third-order valence-corrected chi connectivity index (χ3v) is 5.20. The molecule has 1 fully saturated rings. The number of carbonyl (C=O) groups excluding carboxylic acids is 1. The van der Waals surface area contributed by atoms with Crippen LogP contribution in [0.5, 0.6) is 0 Å². The van der Waals surface area contributed by atoms with E-state index in [9.17, 15) is 18.0 Å². The molecule has 3 heterocycles. The molecular formula is C22H22F3N5O. The molecule has 3 aromatic rings. The molecule has 162 valence electrons. The van der Waals surface area contributed by atoms with Gasteiger partial charge in [-0.25, -0.2) is 18.2 Å². The summed E-state index contributed by atoms with van der Waals surface area (Å²) in [7, 11) is 0. The Morgan fingerprint density at radius 2 is 1.97 bits per heavy atom. The Hall–Kier alpha value is -3.36. The summed E-state index contributed by atoms with van der Waals surface area (Å²) < 4.78 is 44.0. The van der Waals surface area contributed by atoms with Crippen molar-refractivity contribution in [3.8, 4) is 11.1 Å². The Kier molecular flexibility index (Phi) is 5.43. The van der Waals surface area contributed by atoms with Crippen LogP contribution in [0.4, 0.5) is 24.7 Å². The molecule has 1 amide bonds. The molecule has 2 aromatic heterocycles. The van der Waals surface area contributed by atoms with Crippen LogP contribution < -0.4 is 10.2 Å². The van der Waals surface area contributed by atoms with Crippen LogP contribution in [0.2, 0.25) is 0 Å². The fraction of sp³-hybridized carbons (Fsp3) is 0.318. The largest absolute Gasteiger partial charge is 0.349 e. The van der Waals surface area contributed by atoms with Gasteiger partial charge in [-0.2, -0.15) is 5.10 Å². The van der Waals surface area contributed by atoms with Crippen molar-refractivity contribution in [2.75, 3.05) is 23.3 Å². The van der Waals surface area contributed by atoms with Crippen molar-refractivity contribution in [1.82, 2.24) is 14.8 Å². The predicted octanol–water partition coefficient (Wildman–Crippen LogP) is 4.76. The molecule has 0 unspecified atom stereocenters. The quantitative estimate of drug-likeness (QED) is 0.635. The minimum Gasteiger partial charge on any atom is -0.349 e. The van der Waals surface area contributed by atoms with Crippen LogP contribution in [0.25, 0.3) is 11.1 Å². The molecule has 0 spiro atoms. The summed E-state index contributed by atoms with van der Waals surface area (Å²) in [6.07, 6.45) is 4.15. The van der Waals surface area contributed by atoms with E-state index in [-0.39, 0.29) is 36.1 Å². The molecule has 1 aliphatic heterocycles. The zero-order chi connectivity index (χ0) is 22.2. The molecule has 1 N–H and O–H groups in total. The summed E-state index contributed by atoms with van der Waals surface area (Å²) in [6.45, 7) is 3.42. The van der Waals surface area contributed by atoms with E-state index < -0.39 is 24.2 Å². The average Bonchev–Trinajstić information content (AvgIpc) is 3.35. The minimum absolute atomic E-state index is 0.0660. The number of nitrogens with one attached hydrogen (secondary N) is 1. The van der Waals surface area contributed by atoms with Gasteiger partial charge >= 0.3 is 0 Å². The fourth-order valence-electron chi connectivity index (χ4n) is 3.56. The maximum atomic E-state index is 14.6. The van der Waals surface area contributed by atoms with Gasteiger partial charge in [0, 0.05) is 42.5 Å². The van der Waals surface area contributed by atoms with E-state index in [1.54, 1.807) is 35.1 Å². The summed E-state index contributed by atoms with van der Waals surface area (Å²) in [5.41, 5.74) is 1.09. The highest BCUT2D eigenvalue weighted by molar-refractivity contribution is 6.08. The van der Waals surface area contributed by atoms with Gasteiger partial charge < -0.3 is 10.2 Å². The molecular weight excluding hydrogens is 407 g/mol. The first-order valence-corrected chi connectivity index (χ1v) is 9.97. The Labute approximate surface area is 177 Å². The van der Waals surface area contributed by atoms with Gasteiger partial charge in [-0.15, -0.1) is 0 Å². The lowest BCUT2D eigenvalue weighted by Gasteiger charge is -2.23. The van der Waals surface area contributed by atoms with Gasteiger partial charge in [-0.05, 0) is 26.0 Å². The van der Waals surface area contributed by atoms with Crippen LogP contribution >= 0.6 is 0 Å².